The van der Waals surface area contributed by atoms with Crippen molar-refractivity contribution in [3.63, 3.8) is 0 Å². The van der Waals surface area contributed by atoms with E-state index in [0.29, 0.717) is 19.0 Å². The molecule has 0 saturated heterocycles. The smallest absolute Gasteiger partial charge is 0.244 e. The number of rotatable bonds is 5. The predicted octanol–water partition coefficient (Wildman–Crippen LogP) is 0.0391. The molecule has 2 N–H and O–H groups in total. The number of nitrogens with zero attached hydrogens (tertiary/aromatic N) is 5. The predicted molar refractivity (Wildman–Crippen MR) is 70.0 cm³/mol. The third-order valence-electron chi connectivity index (χ3n) is 3.92. The lowest BCUT2D eigenvalue weighted by Gasteiger charge is -2.39. The third-order valence-corrected chi connectivity index (χ3v) is 3.92. The minimum atomic E-state index is 0.0696. The van der Waals surface area contributed by atoms with Crippen molar-refractivity contribution in [3.8, 4) is 0 Å². The van der Waals surface area contributed by atoms with Gasteiger partial charge >= 0.3 is 0 Å². The SMILES string of the molecule is CCN(C(=O)Cn1cnnn1)C1CCCCC1CN. The van der Waals surface area contributed by atoms with Gasteiger partial charge in [0.1, 0.15) is 12.9 Å². The second kappa shape index (κ2) is 6.60. The molecule has 106 valence electrons. The summed E-state index contributed by atoms with van der Waals surface area (Å²) in [6.07, 6.45) is 6.03. The fourth-order valence-electron chi connectivity index (χ4n) is 2.95. The summed E-state index contributed by atoms with van der Waals surface area (Å²) >= 11 is 0. The van der Waals surface area contributed by atoms with E-state index < -0.39 is 0 Å². The number of carbonyl (C=O) groups excluding carboxylic acids is 1. The van der Waals surface area contributed by atoms with Crippen LogP contribution >= 0.6 is 0 Å². The van der Waals surface area contributed by atoms with Gasteiger partial charge in [-0.05, 0) is 42.7 Å². The maximum atomic E-state index is 12.4. The molecule has 1 aromatic heterocycles. The molecule has 7 heteroatoms. The summed E-state index contributed by atoms with van der Waals surface area (Å²) in [5.41, 5.74) is 5.85. The Morgan fingerprint density at radius 3 is 2.89 bits per heavy atom. The molecule has 2 rings (SSSR count). The van der Waals surface area contributed by atoms with Crippen molar-refractivity contribution in [2.75, 3.05) is 13.1 Å². The van der Waals surface area contributed by atoms with Gasteiger partial charge in [-0.2, -0.15) is 0 Å². The zero-order chi connectivity index (χ0) is 13.7. The average molecular weight is 266 g/mol. The molecule has 1 heterocycles. The van der Waals surface area contributed by atoms with E-state index in [1.165, 1.54) is 23.9 Å². The molecule has 7 nitrogen and oxygen atoms in total. The first-order valence-electron chi connectivity index (χ1n) is 6.96. The first-order valence-corrected chi connectivity index (χ1v) is 6.96. The number of nitrogens with two attached hydrogens (primary N) is 1. The molecule has 1 aliphatic rings. The van der Waals surface area contributed by atoms with E-state index in [4.69, 9.17) is 5.73 Å². The second-order valence-corrected chi connectivity index (χ2v) is 5.03. The Kier molecular flexibility index (Phi) is 4.84. The quantitative estimate of drug-likeness (QED) is 0.812. The highest BCUT2D eigenvalue weighted by atomic mass is 16.2. The number of hydrogen-bond donors (Lipinski definition) is 1. The van der Waals surface area contributed by atoms with Gasteiger partial charge in [-0.1, -0.05) is 12.8 Å². The van der Waals surface area contributed by atoms with Crippen LogP contribution in [0.4, 0.5) is 0 Å². The van der Waals surface area contributed by atoms with E-state index >= 15 is 0 Å². The van der Waals surface area contributed by atoms with Crippen molar-refractivity contribution in [2.24, 2.45) is 11.7 Å². The molecule has 0 radical (unpaired) electrons. The molecular weight excluding hydrogens is 244 g/mol. The fourth-order valence-corrected chi connectivity index (χ4v) is 2.95. The third kappa shape index (κ3) is 3.28. The molecule has 1 fully saturated rings. The minimum Gasteiger partial charge on any atom is -0.338 e. The molecule has 2 atom stereocenters. The molecule has 1 saturated carbocycles. The van der Waals surface area contributed by atoms with Crippen LogP contribution in [0, 0.1) is 5.92 Å². The van der Waals surface area contributed by atoms with Crippen molar-refractivity contribution < 1.29 is 4.79 Å². The molecule has 1 amide bonds. The number of aromatic nitrogens is 4. The minimum absolute atomic E-state index is 0.0696. The van der Waals surface area contributed by atoms with Crippen LogP contribution in [0.25, 0.3) is 0 Å². The largest absolute Gasteiger partial charge is 0.338 e. The molecule has 0 aromatic carbocycles. The van der Waals surface area contributed by atoms with Gasteiger partial charge in [0, 0.05) is 12.6 Å². The van der Waals surface area contributed by atoms with Gasteiger partial charge in [-0.15, -0.1) is 5.10 Å². The monoisotopic (exact) mass is 266 g/mol. The standard InChI is InChI=1S/C12H22N6O/c1-2-18(11-6-4-3-5-10(11)7-13)12(19)8-17-9-14-15-16-17/h9-11H,2-8,13H2,1H3. The van der Waals surface area contributed by atoms with Crippen molar-refractivity contribution >= 4 is 5.91 Å². The van der Waals surface area contributed by atoms with Gasteiger partial charge in [0.05, 0.1) is 0 Å². The highest BCUT2D eigenvalue weighted by Crippen LogP contribution is 2.28. The van der Waals surface area contributed by atoms with Crippen LogP contribution in [-0.4, -0.2) is 50.1 Å². The highest BCUT2D eigenvalue weighted by molar-refractivity contribution is 5.76. The van der Waals surface area contributed by atoms with E-state index in [-0.39, 0.29) is 18.5 Å². The topological polar surface area (TPSA) is 89.9 Å². The summed E-state index contributed by atoms with van der Waals surface area (Å²) in [7, 11) is 0. The van der Waals surface area contributed by atoms with Gasteiger partial charge in [0.2, 0.25) is 5.91 Å². The van der Waals surface area contributed by atoms with Crippen LogP contribution in [-0.2, 0) is 11.3 Å². The summed E-state index contributed by atoms with van der Waals surface area (Å²) in [6.45, 7) is 3.58. The van der Waals surface area contributed by atoms with E-state index in [9.17, 15) is 4.79 Å². The van der Waals surface area contributed by atoms with Crippen LogP contribution < -0.4 is 5.73 Å². The van der Waals surface area contributed by atoms with Crippen molar-refractivity contribution in [1.82, 2.24) is 25.1 Å². The summed E-state index contributed by atoms with van der Waals surface area (Å²) in [6, 6.07) is 0.271. The Hall–Kier alpha value is -1.50. The fraction of sp³-hybridized carbons (Fsp3) is 0.833. The lowest BCUT2D eigenvalue weighted by molar-refractivity contribution is -0.136. The maximum Gasteiger partial charge on any atom is 0.244 e. The molecule has 2 unspecified atom stereocenters. The molecule has 0 aliphatic heterocycles. The van der Waals surface area contributed by atoms with Gasteiger partial charge in [-0.3, -0.25) is 4.79 Å². The second-order valence-electron chi connectivity index (χ2n) is 5.03. The van der Waals surface area contributed by atoms with E-state index in [1.807, 2.05) is 11.8 Å². The number of carbonyl (C=O) groups is 1. The Balaban J connectivity index is 2.03. The van der Waals surface area contributed by atoms with Gasteiger partial charge in [-0.25, -0.2) is 4.68 Å². The molecular formula is C12H22N6O. The van der Waals surface area contributed by atoms with Crippen molar-refractivity contribution in [1.29, 1.82) is 0 Å². The molecule has 0 spiro atoms. The van der Waals surface area contributed by atoms with Gasteiger partial charge in [0.15, 0.2) is 0 Å². The summed E-state index contributed by atoms with van der Waals surface area (Å²) < 4.78 is 1.46. The van der Waals surface area contributed by atoms with Crippen molar-refractivity contribution in [3.05, 3.63) is 6.33 Å². The Morgan fingerprint density at radius 2 is 2.26 bits per heavy atom. The lowest BCUT2D eigenvalue weighted by atomic mass is 9.83. The summed E-state index contributed by atoms with van der Waals surface area (Å²) in [5.74, 6) is 0.492. The normalized spacial score (nSPS) is 23.3. The van der Waals surface area contributed by atoms with Crippen LogP contribution in [0.2, 0.25) is 0 Å². The van der Waals surface area contributed by atoms with Crippen LogP contribution in [0.15, 0.2) is 6.33 Å². The Labute approximate surface area is 113 Å². The van der Waals surface area contributed by atoms with Gasteiger partial charge in [0.25, 0.3) is 0 Å². The maximum absolute atomic E-state index is 12.4. The van der Waals surface area contributed by atoms with E-state index in [1.54, 1.807) is 0 Å². The van der Waals surface area contributed by atoms with E-state index in [0.717, 1.165) is 12.8 Å². The average Bonchev–Trinajstić information content (AvgIpc) is 2.93. The Bertz CT molecular complexity index is 393. The summed E-state index contributed by atoms with van der Waals surface area (Å²) in [5, 5.41) is 10.8. The molecule has 1 aromatic rings. The Morgan fingerprint density at radius 1 is 1.47 bits per heavy atom. The van der Waals surface area contributed by atoms with Crippen molar-refractivity contribution in [2.45, 2.75) is 45.2 Å². The van der Waals surface area contributed by atoms with E-state index in [2.05, 4.69) is 15.5 Å². The molecule has 0 bridgehead atoms. The summed E-state index contributed by atoms with van der Waals surface area (Å²) in [4.78, 5) is 14.3. The number of amides is 1. The highest BCUT2D eigenvalue weighted by Gasteiger charge is 2.31. The zero-order valence-electron chi connectivity index (χ0n) is 11.4. The lowest BCUT2D eigenvalue weighted by Crippen LogP contribution is -2.49. The first kappa shape index (κ1) is 13.9. The number of tetrazole rings is 1. The van der Waals surface area contributed by atoms with Crippen LogP contribution in [0.1, 0.15) is 32.6 Å². The first-order chi connectivity index (χ1) is 9.26. The number of hydrogen-bond acceptors (Lipinski definition) is 5. The molecule has 1 aliphatic carbocycles. The van der Waals surface area contributed by atoms with Crippen LogP contribution in [0.5, 0.6) is 0 Å². The number of likely N-dealkylation sites (N-methyl/N-ethyl adjacent to an activating group) is 1. The van der Waals surface area contributed by atoms with Gasteiger partial charge < -0.3 is 10.6 Å². The van der Waals surface area contributed by atoms with Crippen LogP contribution in [0.3, 0.4) is 0 Å². The zero-order valence-corrected chi connectivity index (χ0v) is 11.4. The molecule has 19 heavy (non-hydrogen) atoms.